The molecular formula is C14H18FNO5S. The smallest absolute Gasteiger partial charge is 0.407 e. The maximum Gasteiger partial charge on any atom is 0.407 e. The minimum absolute atomic E-state index is 0.0713. The number of benzene rings is 1. The molecule has 0 saturated carbocycles. The minimum Gasteiger partial charge on any atom is -0.465 e. The average Bonchev–Trinajstić information content (AvgIpc) is 2.45. The third-order valence-electron chi connectivity index (χ3n) is 3.80. The summed E-state index contributed by atoms with van der Waals surface area (Å²) in [6.45, 7) is 0.449. The highest BCUT2D eigenvalue weighted by atomic mass is 32.2. The lowest BCUT2D eigenvalue weighted by Crippen LogP contribution is -2.44. The molecule has 2 atom stereocenters. The monoisotopic (exact) mass is 331 g/mol. The van der Waals surface area contributed by atoms with E-state index in [1.165, 1.54) is 17.0 Å². The van der Waals surface area contributed by atoms with Crippen LogP contribution in [0.1, 0.15) is 17.9 Å². The predicted octanol–water partition coefficient (Wildman–Crippen LogP) is 1.89. The van der Waals surface area contributed by atoms with E-state index in [2.05, 4.69) is 0 Å². The highest BCUT2D eigenvalue weighted by Crippen LogP contribution is 2.33. The third kappa shape index (κ3) is 4.41. The van der Waals surface area contributed by atoms with Gasteiger partial charge < -0.3 is 10.0 Å². The van der Waals surface area contributed by atoms with Gasteiger partial charge in [-0.3, -0.25) is 4.18 Å². The fourth-order valence-electron chi connectivity index (χ4n) is 2.73. The topological polar surface area (TPSA) is 83.9 Å². The number of likely N-dealkylation sites (tertiary alicyclic amines) is 1. The van der Waals surface area contributed by atoms with Crippen LogP contribution < -0.4 is 0 Å². The Morgan fingerprint density at radius 1 is 1.41 bits per heavy atom. The van der Waals surface area contributed by atoms with E-state index < -0.39 is 16.2 Å². The standard InChI is InChI=1S/C14H18FNO5S/c1-22(19,20)21-9-11-8-16(14(17)18)7-6-13(11)10-2-4-12(15)5-3-10/h2-5,11,13H,6-9H2,1H3,(H,17,18). The van der Waals surface area contributed by atoms with Gasteiger partial charge in [0.2, 0.25) is 0 Å². The molecule has 8 heteroatoms. The van der Waals surface area contributed by atoms with E-state index in [0.29, 0.717) is 13.0 Å². The number of carboxylic acid groups (broad SMARTS) is 1. The Labute approximate surface area is 128 Å². The van der Waals surface area contributed by atoms with Crippen molar-refractivity contribution < 1.29 is 26.9 Å². The fourth-order valence-corrected chi connectivity index (χ4v) is 3.16. The van der Waals surface area contributed by atoms with Crippen LogP contribution in [-0.2, 0) is 14.3 Å². The molecule has 0 aromatic heterocycles. The molecule has 1 aliphatic heterocycles. The molecule has 2 rings (SSSR count). The van der Waals surface area contributed by atoms with Crippen LogP contribution in [0.3, 0.4) is 0 Å². The van der Waals surface area contributed by atoms with E-state index in [1.54, 1.807) is 12.1 Å². The second kappa shape index (κ2) is 6.62. The summed E-state index contributed by atoms with van der Waals surface area (Å²) in [7, 11) is -3.60. The predicted molar refractivity (Wildman–Crippen MR) is 77.6 cm³/mol. The number of nitrogens with zero attached hydrogens (tertiary/aromatic N) is 1. The Morgan fingerprint density at radius 2 is 2.05 bits per heavy atom. The molecule has 1 heterocycles. The number of halogens is 1. The molecule has 1 aromatic carbocycles. The number of hydrogen-bond acceptors (Lipinski definition) is 4. The molecule has 22 heavy (non-hydrogen) atoms. The molecule has 1 aromatic rings. The average molecular weight is 331 g/mol. The van der Waals surface area contributed by atoms with Crippen molar-refractivity contribution in [2.45, 2.75) is 12.3 Å². The van der Waals surface area contributed by atoms with Gasteiger partial charge in [-0.05, 0) is 30.0 Å². The Morgan fingerprint density at radius 3 is 2.59 bits per heavy atom. The Bertz CT molecular complexity index is 631. The van der Waals surface area contributed by atoms with Crippen LogP contribution in [0.15, 0.2) is 24.3 Å². The second-order valence-electron chi connectivity index (χ2n) is 5.42. The summed E-state index contributed by atoms with van der Waals surface area (Å²) in [6.07, 6.45) is 0.454. The zero-order chi connectivity index (χ0) is 16.3. The summed E-state index contributed by atoms with van der Waals surface area (Å²) in [6, 6.07) is 5.97. The maximum absolute atomic E-state index is 13.0. The normalized spacial score (nSPS) is 22.5. The van der Waals surface area contributed by atoms with Crippen LogP contribution in [0.4, 0.5) is 9.18 Å². The van der Waals surface area contributed by atoms with Crippen molar-refractivity contribution in [3.8, 4) is 0 Å². The summed E-state index contributed by atoms with van der Waals surface area (Å²) in [5.74, 6) is -0.723. The van der Waals surface area contributed by atoms with Gasteiger partial charge in [0.05, 0.1) is 12.9 Å². The van der Waals surface area contributed by atoms with Gasteiger partial charge >= 0.3 is 6.09 Å². The van der Waals surface area contributed by atoms with Gasteiger partial charge in [0, 0.05) is 19.0 Å². The summed E-state index contributed by atoms with van der Waals surface area (Å²) in [4.78, 5) is 12.4. The summed E-state index contributed by atoms with van der Waals surface area (Å²) in [5.41, 5.74) is 0.855. The maximum atomic E-state index is 13.0. The van der Waals surface area contributed by atoms with Crippen molar-refractivity contribution in [2.24, 2.45) is 5.92 Å². The van der Waals surface area contributed by atoms with Crippen LogP contribution in [-0.4, -0.2) is 50.5 Å². The first-order chi connectivity index (χ1) is 10.3. The molecule has 0 aliphatic carbocycles. The van der Waals surface area contributed by atoms with E-state index in [1.807, 2.05) is 0 Å². The molecule has 1 aliphatic rings. The first kappa shape index (κ1) is 16.7. The van der Waals surface area contributed by atoms with Crippen LogP contribution in [0.2, 0.25) is 0 Å². The Kier molecular flexibility index (Phi) is 5.02. The summed E-state index contributed by atoms with van der Waals surface area (Å²) >= 11 is 0. The lowest BCUT2D eigenvalue weighted by atomic mass is 9.81. The second-order valence-corrected chi connectivity index (χ2v) is 7.07. The molecule has 2 unspecified atom stereocenters. The lowest BCUT2D eigenvalue weighted by molar-refractivity contribution is 0.0955. The van der Waals surface area contributed by atoms with Gasteiger partial charge in [-0.15, -0.1) is 0 Å². The number of hydrogen-bond donors (Lipinski definition) is 1. The Hall–Kier alpha value is -1.67. The number of rotatable bonds is 4. The van der Waals surface area contributed by atoms with Gasteiger partial charge in [0.1, 0.15) is 5.82 Å². The molecule has 0 bridgehead atoms. The molecule has 1 fully saturated rings. The van der Waals surface area contributed by atoms with E-state index >= 15 is 0 Å². The summed E-state index contributed by atoms with van der Waals surface area (Å²) in [5, 5.41) is 9.09. The molecule has 1 N–H and O–H groups in total. The van der Waals surface area contributed by atoms with Gasteiger partial charge in [0.25, 0.3) is 10.1 Å². The molecular weight excluding hydrogens is 313 g/mol. The van der Waals surface area contributed by atoms with E-state index in [4.69, 9.17) is 9.29 Å². The van der Waals surface area contributed by atoms with Gasteiger partial charge in [0.15, 0.2) is 0 Å². The molecule has 6 nitrogen and oxygen atoms in total. The minimum atomic E-state index is -3.60. The van der Waals surface area contributed by atoms with Gasteiger partial charge in [-0.25, -0.2) is 9.18 Å². The number of piperidine rings is 1. The molecule has 122 valence electrons. The third-order valence-corrected chi connectivity index (χ3v) is 4.36. The molecule has 1 saturated heterocycles. The molecule has 1 amide bonds. The van der Waals surface area contributed by atoms with Gasteiger partial charge in [-0.2, -0.15) is 8.42 Å². The van der Waals surface area contributed by atoms with Crippen molar-refractivity contribution in [3.63, 3.8) is 0 Å². The van der Waals surface area contributed by atoms with Crippen LogP contribution in [0.5, 0.6) is 0 Å². The van der Waals surface area contributed by atoms with Crippen LogP contribution >= 0.6 is 0 Å². The Balaban J connectivity index is 2.18. The van der Waals surface area contributed by atoms with Crippen molar-refractivity contribution in [1.29, 1.82) is 0 Å². The summed E-state index contributed by atoms with van der Waals surface area (Å²) < 4.78 is 40.2. The molecule has 0 spiro atoms. The van der Waals surface area contributed by atoms with E-state index in [9.17, 15) is 17.6 Å². The highest BCUT2D eigenvalue weighted by Gasteiger charge is 2.33. The zero-order valence-corrected chi connectivity index (χ0v) is 12.9. The van der Waals surface area contributed by atoms with E-state index in [0.717, 1.165) is 11.8 Å². The van der Waals surface area contributed by atoms with Crippen LogP contribution in [0, 0.1) is 11.7 Å². The zero-order valence-electron chi connectivity index (χ0n) is 12.1. The van der Waals surface area contributed by atoms with Crippen LogP contribution in [0.25, 0.3) is 0 Å². The van der Waals surface area contributed by atoms with Crippen molar-refractivity contribution >= 4 is 16.2 Å². The fraction of sp³-hybridized carbons (Fsp3) is 0.500. The SMILES string of the molecule is CS(=O)(=O)OCC1CN(C(=O)O)CCC1c1ccc(F)cc1. The first-order valence-corrected chi connectivity index (χ1v) is 8.65. The van der Waals surface area contributed by atoms with Gasteiger partial charge in [-0.1, -0.05) is 12.1 Å². The van der Waals surface area contributed by atoms with E-state index in [-0.39, 0.29) is 30.8 Å². The quantitative estimate of drug-likeness (QED) is 0.852. The highest BCUT2D eigenvalue weighted by molar-refractivity contribution is 7.85. The largest absolute Gasteiger partial charge is 0.465 e. The first-order valence-electron chi connectivity index (χ1n) is 6.84. The van der Waals surface area contributed by atoms with Crippen molar-refractivity contribution in [2.75, 3.05) is 26.0 Å². The molecule has 0 radical (unpaired) electrons. The number of carbonyl (C=O) groups is 1. The lowest BCUT2D eigenvalue weighted by Gasteiger charge is -2.37. The van der Waals surface area contributed by atoms with Crippen molar-refractivity contribution in [1.82, 2.24) is 4.90 Å². The van der Waals surface area contributed by atoms with Crippen molar-refractivity contribution in [3.05, 3.63) is 35.6 Å². The number of amides is 1.